The first-order valence-corrected chi connectivity index (χ1v) is 4.98. The number of benzene rings is 1. The Kier molecular flexibility index (Phi) is 2.54. The number of rotatable bonds is 2. The standard InChI is InChI=1S/C12H13FN2/c1-8(2)11-7-12(15-14-11)9-4-3-5-10(13)6-9/h3-8H,1-2H3,(H,14,15). The number of nitrogens with one attached hydrogen (secondary N) is 1. The van der Waals surface area contributed by atoms with Crippen molar-refractivity contribution in [3.05, 3.63) is 41.8 Å². The number of aromatic nitrogens is 2. The van der Waals surface area contributed by atoms with E-state index >= 15 is 0 Å². The van der Waals surface area contributed by atoms with Gasteiger partial charge in [-0.1, -0.05) is 26.0 Å². The summed E-state index contributed by atoms with van der Waals surface area (Å²) >= 11 is 0. The predicted molar refractivity (Wildman–Crippen MR) is 58.1 cm³/mol. The molecule has 0 amide bonds. The molecule has 1 aromatic heterocycles. The van der Waals surface area contributed by atoms with Crippen LogP contribution in [0.25, 0.3) is 11.3 Å². The van der Waals surface area contributed by atoms with E-state index < -0.39 is 0 Å². The Labute approximate surface area is 88.1 Å². The lowest BCUT2D eigenvalue weighted by Crippen LogP contribution is -1.85. The molecule has 3 heteroatoms. The molecule has 78 valence electrons. The quantitative estimate of drug-likeness (QED) is 0.798. The van der Waals surface area contributed by atoms with Crippen molar-refractivity contribution in [2.24, 2.45) is 0 Å². The summed E-state index contributed by atoms with van der Waals surface area (Å²) < 4.78 is 13.0. The fourth-order valence-corrected chi connectivity index (χ4v) is 1.43. The lowest BCUT2D eigenvalue weighted by molar-refractivity contribution is 0.628. The van der Waals surface area contributed by atoms with E-state index in [-0.39, 0.29) is 5.82 Å². The number of hydrogen-bond acceptors (Lipinski definition) is 1. The first-order chi connectivity index (χ1) is 7.16. The molecule has 0 atom stereocenters. The second-order valence-electron chi connectivity index (χ2n) is 3.87. The monoisotopic (exact) mass is 204 g/mol. The van der Waals surface area contributed by atoms with Crippen LogP contribution < -0.4 is 0 Å². The maximum absolute atomic E-state index is 13.0. The summed E-state index contributed by atoms with van der Waals surface area (Å²) in [5.74, 6) is 0.168. The van der Waals surface area contributed by atoms with Crippen LogP contribution in [0.1, 0.15) is 25.5 Å². The molecular formula is C12H13FN2. The minimum absolute atomic E-state index is 0.235. The highest BCUT2D eigenvalue weighted by molar-refractivity contribution is 5.59. The third-order valence-electron chi connectivity index (χ3n) is 2.34. The van der Waals surface area contributed by atoms with Crippen LogP contribution in [0.4, 0.5) is 4.39 Å². The van der Waals surface area contributed by atoms with E-state index in [4.69, 9.17) is 0 Å². The fraction of sp³-hybridized carbons (Fsp3) is 0.250. The lowest BCUT2D eigenvalue weighted by atomic mass is 10.1. The number of nitrogens with zero attached hydrogens (tertiary/aromatic N) is 1. The Morgan fingerprint density at radius 3 is 2.67 bits per heavy atom. The minimum Gasteiger partial charge on any atom is -0.282 e. The zero-order valence-electron chi connectivity index (χ0n) is 8.79. The Balaban J connectivity index is 2.37. The van der Waals surface area contributed by atoms with Gasteiger partial charge < -0.3 is 0 Å². The Bertz CT molecular complexity index is 460. The maximum Gasteiger partial charge on any atom is 0.123 e. The molecule has 1 aromatic carbocycles. The van der Waals surface area contributed by atoms with Crippen LogP contribution >= 0.6 is 0 Å². The summed E-state index contributed by atoms with van der Waals surface area (Å²) in [5, 5.41) is 7.11. The van der Waals surface area contributed by atoms with Gasteiger partial charge in [-0.25, -0.2) is 4.39 Å². The molecular weight excluding hydrogens is 191 g/mol. The summed E-state index contributed by atoms with van der Waals surface area (Å²) in [6.45, 7) is 4.17. The molecule has 0 radical (unpaired) electrons. The summed E-state index contributed by atoms with van der Waals surface area (Å²) in [5.41, 5.74) is 2.66. The third kappa shape index (κ3) is 2.06. The minimum atomic E-state index is -0.235. The highest BCUT2D eigenvalue weighted by Gasteiger charge is 2.06. The highest BCUT2D eigenvalue weighted by Crippen LogP contribution is 2.21. The van der Waals surface area contributed by atoms with Gasteiger partial charge in [-0.05, 0) is 24.1 Å². The molecule has 0 fully saturated rings. The molecule has 0 spiro atoms. The van der Waals surface area contributed by atoms with Crippen LogP contribution in [-0.4, -0.2) is 10.2 Å². The van der Waals surface area contributed by atoms with Gasteiger partial charge in [0.05, 0.1) is 5.69 Å². The van der Waals surface area contributed by atoms with Gasteiger partial charge >= 0.3 is 0 Å². The third-order valence-corrected chi connectivity index (χ3v) is 2.34. The second kappa shape index (κ2) is 3.85. The van der Waals surface area contributed by atoms with E-state index in [1.165, 1.54) is 12.1 Å². The first-order valence-electron chi connectivity index (χ1n) is 4.98. The van der Waals surface area contributed by atoms with Gasteiger partial charge in [0.15, 0.2) is 0 Å². The predicted octanol–water partition coefficient (Wildman–Crippen LogP) is 3.34. The fourth-order valence-electron chi connectivity index (χ4n) is 1.43. The molecule has 0 saturated carbocycles. The molecule has 2 aromatic rings. The van der Waals surface area contributed by atoms with Gasteiger partial charge in [0.2, 0.25) is 0 Å². The summed E-state index contributed by atoms with van der Waals surface area (Å²) in [6, 6.07) is 8.41. The van der Waals surface area contributed by atoms with Crippen LogP contribution in [0.5, 0.6) is 0 Å². The van der Waals surface area contributed by atoms with E-state index in [9.17, 15) is 4.39 Å². The van der Waals surface area contributed by atoms with Crippen LogP contribution in [-0.2, 0) is 0 Å². The van der Waals surface area contributed by atoms with Crippen molar-refractivity contribution in [2.45, 2.75) is 19.8 Å². The van der Waals surface area contributed by atoms with Crippen molar-refractivity contribution in [2.75, 3.05) is 0 Å². The van der Waals surface area contributed by atoms with Crippen molar-refractivity contribution < 1.29 is 4.39 Å². The van der Waals surface area contributed by atoms with Crippen molar-refractivity contribution >= 4 is 0 Å². The normalized spacial score (nSPS) is 10.9. The molecule has 15 heavy (non-hydrogen) atoms. The van der Waals surface area contributed by atoms with Crippen molar-refractivity contribution in [3.63, 3.8) is 0 Å². The van der Waals surface area contributed by atoms with Gasteiger partial charge in [0.1, 0.15) is 5.82 Å². The smallest absolute Gasteiger partial charge is 0.123 e. The summed E-state index contributed by atoms with van der Waals surface area (Å²) in [6.07, 6.45) is 0. The van der Waals surface area contributed by atoms with Crippen LogP contribution in [0.3, 0.4) is 0 Å². The average Bonchev–Trinajstić information content (AvgIpc) is 2.66. The van der Waals surface area contributed by atoms with E-state index in [0.717, 1.165) is 17.0 Å². The molecule has 0 bridgehead atoms. The van der Waals surface area contributed by atoms with Gasteiger partial charge in [-0.3, -0.25) is 5.10 Å². The molecule has 0 aliphatic rings. The summed E-state index contributed by atoms with van der Waals surface area (Å²) in [4.78, 5) is 0. The molecule has 2 rings (SSSR count). The first kappa shape index (κ1) is 9.90. The molecule has 1 heterocycles. The number of halogens is 1. The zero-order chi connectivity index (χ0) is 10.8. The Morgan fingerprint density at radius 2 is 2.07 bits per heavy atom. The number of H-pyrrole nitrogens is 1. The van der Waals surface area contributed by atoms with Crippen LogP contribution in [0.15, 0.2) is 30.3 Å². The van der Waals surface area contributed by atoms with Gasteiger partial charge in [-0.2, -0.15) is 5.10 Å². The van der Waals surface area contributed by atoms with E-state index in [2.05, 4.69) is 24.0 Å². The van der Waals surface area contributed by atoms with Gasteiger partial charge in [-0.15, -0.1) is 0 Å². The molecule has 0 unspecified atom stereocenters. The molecule has 0 aliphatic heterocycles. The van der Waals surface area contributed by atoms with E-state index in [1.807, 2.05) is 12.1 Å². The SMILES string of the molecule is CC(C)c1cc(-c2cccc(F)c2)n[nH]1. The van der Waals surface area contributed by atoms with Crippen molar-refractivity contribution in [3.8, 4) is 11.3 Å². The number of hydrogen-bond donors (Lipinski definition) is 1. The number of aromatic amines is 1. The Morgan fingerprint density at radius 1 is 1.27 bits per heavy atom. The van der Waals surface area contributed by atoms with Crippen molar-refractivity contribution in [1.29, 1.82) is 0 Å². The van der Waals surface area contributed by atoms with Crippen molar-refractivity contribution in [1.82, 2.24) is 10.2 Å². The average molecular weight is 204 g/mol. The topological polar surface area (TPSA) is 28.7 Å². The molecule has 2 nitrogen and oxygen atoms in total. The maximum atomic E-state index is 13.0. The van der Waals surface area contributed by atoms with E-state index in [0.29, 0.717) is 5.92 Å². The molecule has 0 saturated heterocycles. The second-order valence-corrected chi connectivity index (χ2v) is 3.87. The van der Waals surface area contributed by atoms with Crippen LogP contribution in [0, 0.1) is 5.82 Å². The van der Waals surface area contributed by atoms with Gasteiger partial charge in [0, 0.05) is 11.3 Å². The van der Waals surface area contributed by atoms with Crippen LogP contribution in [0.2, 0.25) is 0 Å². The molecule has 1 N–H and O–H groups in total. The summed E-state index contributed by atoms with van der Waals surface area (Å²) in [7, 11) is 0. The zero-order valence-corrected chi connectivity index (χ0v) is 8.79. The lowest BCUT2D eigenvalue weighted by Gasteiger charge is -1.97. The van der Waals surface area contributed by atoms with E-state index in [1.54, 1.807) is 6.07 Å². The van der Waals surface area contributed by atoms with Gasteiger partial charge in [0.25, 0.3) is 0 Å². The Hall–Kier alpha value is -1.64. The highest BCUT2D eigenvalue weighted by atomic mass is 19.1. The largest absolute Gasteiger partial charge is 0.282 e. The molecule has 0 aliphatic carbocycles.